The second-order valence-corrected chi connectivity index (χ2v) is 31.9. The number of aromatic carboxylic acids is 1. The number of piperidine rings is 1. The monoisotopic (exact) mass is 1540 g/mol. The zero-order valence-corrected chi connectivity index (χ0v) is 62.9. The summed E-state index contributed by atoms with van der Waals surface area (Å²) in [6.45, 7) is 0.622. The molecule has 110 heavy (non-hydrogen) atoms. The molecule has 562 valence electrons. The van der Waals surface area contributed by atoms with Crippen molar-refractivity contribution in [3.63, 3.8) is 0 Å². The molecule has 1 saturated heterocycles. The molecule has 27 nitrogen and oxygen atoms in total. The molecule has 0 bridgehead atoms. The lowest BCUT2D eigenvalue weighted by atomic mass is 9.87. The Morgan fingerprint density at radius 2 is 1.22 bits per heavy atom. The SMILES string of the molecule is CN(C)c1ccc2c(-c3c(C(=O)O)cccc3C(=O)NCc3ccc(COc4nc(N)nc5[nH]c(CCCNC(=O)C6CCN(S(=O)(=O)c7ccccc7-c7c8ccc(=[N+](C)c9ccc(S(=O)(=O)O)cc9)cc-8oc8cc(N(C)c9ccc(S(=O)(=O)O)cc9)ccc78)CC6)nc45)cc3)c3ccc(=[N+](C)C)cc-3oc2c1. The lowest BCUT2D eigenvalue weighted by molar-refractivity contribution is -0.126. The van der Waals surface area contributed by atoms with E-state index >= 15 is 8.42 Å². The highest BCUT2D eigenvalue weighted by Crippen LogP contribution is 2.46. The fraction of sp³-hybridized carbons (Fsp3) is 0.200. The van der Waals surface area contributed by atoms with Gasteiger partial charge in [-0.25, -0.2) is 22.8 Å². The number of rotatable bonds is 22. The van der Waals surface area contributed by atoms with Gasteiger partial charge in [0.25, 0.3) is 26.1 Å². The Morgan fingerprint density at radius 3 is 1.87 bits per heavy atom. The van der Waals surface area contributed by atoms with Crippen LogP contribution in [0.5, 0.6) is 5.88 Å². The summed E-state index contributed by atoms with van der Waals surface area (Å²) in [6.07, 6.45) is 1.41. The van der Waals surface area contributed by atoms with Crippen LogP contribution in [0.4, 0.5) is 28.7 Å². The Labute approximate surface area is 632 Å². The van der Waals surface area contributed by atoms with Crippen LogP contribution in [0, 0.1) is 5.92 Å². The first-order chi connectivity index (χ1) is 52.6. The lowest BCUT2D eigenvalue weighted by Crippen LogP contribution is -2.43. The molecule has 2 aliphatic carbocycles. The number of nitrogens with one attached hydrogen (secondary N) is 3. The van der Waals surface area contributed by atoms with Gasteiger partial charge in [-0.2, -0.15) is 35.7 Å². The number of aromatic amines is 1. The number of amides is 2. The van der Waals surface area contributed by atoms with E-state index in [9.17, 15) is 45.4 Å². The molecule has 0 spiro atoms. The molecule has 0 unspecified atom stereocenters. The Bertz CT molecular complexity index is 6270. The number of aromatic nitrogens is 4. The van der Waals surface area contributed by atoms with Crippen LogP contribution in [0.1, 0.15) is 56.9 Å². The molecule has 1 fully saturated rings. The molecule has 2 aromatic heterocycles. The van der Waals surface area contributed by atoms with Crippen LogP contribution in [-0.4, -0.2) is 143 Å². The number of sulfonamides is 1. The summed E-state index contributed by atoms with van der Waals surface area (Å²) in [4.78, 5) is 61.1. The summed E-state index contributed by atoms with van der Waals surface area (Å²) in [5, 5.41) is 19.4. The number of aryl methyl sites for hydroxylation is 1. The smallest absolute Gasteiger partial charge is 0.336 e. The van der Waals surface area contributed by atoms with Gasteiger partial charge in [-0.05, 0) is 121 Å². The molecule has 2 amide bonds. The standard InChI is InChI=1S/C80H74N12O15S3/c1-88(2)52-24-32-60-65(41-52)106-66-42-53(89(3)4)25-33-61(66)72(60)73-63(12-9-13-64(73)79(95)96)77(94)83-45-47-16-18-48(19-17-47)46-105-78-74-75(86-80(81)87-78)85-70(84-74)15-10-38-82-76(93)49-36-39-92(40-37-49)108(97,98)69-14-8-7-11-62(69)71-58-34-26-54(90(5)50-20-28-56(29-21-50)109(99,100)101)43-67(58)107-68-44-55(27-35-59(68)71)91(6)51-22-30-57(31-23-51)110(102,103)104/h7-9,11-14,16-35,41-44,49,81,83H,10,15,36-40,45-46H2,1-6H3,(H4-,82,93,94,95,96,99,100,101,102,103,104)/p+2. The molecule has 0 atom stereocenters. The molecular formula is C80H76N12O15S3+2. The number of hydrogen-bond acceptors (Lipinski definition) is 18. The zero-order valence-electron chi connectivity index (χ0n) is 60.5. The second-order valence-electron chi connectivity index (χ2n) is 27.2. The van der Waals surface area contributed by atoms with Crippen molar-refractivity contribution in [2.24, 2.45) is 5.92 Å². The molecular weight excluding hydrogens is 1470 g/mol. The number of carbonyl (C=O) groups is 3. The number of carboxylic acid groups (broad SMARTS) is 1. The van der Waals surface area contributed by atoms with E-state index in [0.717, 1.165) is 22.2 Å². The Kier molecular flexibility index (Phi) is 20.4. The van der Waals surface area contributed by atoms with Crippen LogP contribution < -0.4 is 50.8 Å². The number of nitrogens with two attached hydrogens (primary N) is 1. The summed E-state index contributed by atoms with van der Waals surface area (Å²) in [5.74, 6) is -0.793. The first-order valence-corrected chi connectivity index (χ1v) is 39.3. The third-order valence-electron chi connectivity index (χ3n) is 19.7. The van der Waals surface area contributed by atoms with Crippen LogP contribution in [0.2, 0.25) is 0 Å². The van der Waals surface area contributed by atoms with E-state index in [0.29, 0.717) is 120 Å². The van der Waals surface area contributed by atoms with E-state index in [1.54, 1.807) is 96.4 Å². The van der Waals surface area contributed by atoms with E-state index in [4.69, 9.17) is 24.3 Å². The van der Waals surface area contributed by atoms with Crippen LogP contribution in [0.3, 0.4) is 0 Å². The van der Waals surface area contributed by atoms with Gasteiger partial charge < -0.3 is 49.8 Å². The number of nitrogens with zero attached hydrogens (tertiary/aromatic N) is 8. The topological polar surface area (TPSA) is 370 Å². The number of benzene rings is 9. The van der Waals surface area contributed by atoms with Crippen molar-refractivity contribution in [3.8, 4) is 50.8 Å². The largest absolute Gasteiger partial charge is 0.478 e. The predicted molar refractivity (Wildman–Crippen MR) is 417 cm³/mol. The van der Waals surface area contributed by atoms with Gasteiger partial charge in [-0.1, -0.05) is 48.5 Å². The minimum atomic E-state index is -4.45. The van der Waals surface area contributed by atoms with Crippen molar-refractivity contribution in [1.82, 2.24) is 44.0 Å². The van der Waals surface area contributed by atoms with Crippen molar-refractivity contribution >= 4 is 110 Å². The van der Waals surface area contributed by atoms with Crippen molar-refractivity contribution < 1.29 is 67.4 Å². The molecule has 0 saturated carbocycles. The number of H-pyrrole nitrogens is 1. The third kappa shape index (κ3) is 15.2. The number of anilines is 4. The number of carboxylic acids is 1. The Hall–Kier alpha value is -12.2. The minimum Gasteiger partial charge on any atom is -0.478 e. The van der Waals surface area contributed by atoms with Crippen LogP contribution >= 0.6 is 0 Å². The van der Waals surface area contributed by atoms with E-state index in [1.165, 1.54) is 34.6 Å². The highest BCUT2D eigenvalue weighted by atomic mass is 32.2. The Morgan fingerprint density at radius 1 is 0.627 bits per heavy atom. The summed E-state index contributed by atoms with van der Waals surface area (Å²) < 4.78 is 121. The maximum Gasteiger partial charge on any atom is 0.336 e. The highest BCUT2D eigenvalue weighted by Gasteiger charge is 2.36. The van der Waals surface area contributed by atoms with Gasteiger partial charge >= 0.3 is 5.97 Å². The molecule has 5 aliphatic rings. The van der Waals surface area contributed by atoms with Crippen molar-refractivity contribution in [3.05, 3.63) is 227 Å². The van der Waals surface area contributed by atoms with Crippen molar-refractivity contribution in [1.29, 1.82) is 0 Å². The fourth-order valence-electron chi connectivity index (χ4n) is 13.8. The first-order valence-electron chi connectivity index (χ1n) is 35.0. The summed E-state index contributed by atoms with van der Waals surface area (Å²) in [6, 6.07) is 52.3. The molecule has 9 aromatic rings. The molecule has 0 radical (unpaired) electrons. The molecule has 14 rings (SSSR count). The summed E-state index contributed by atoms with van der Waals surface area (Å²) in [7, 11) is -1.92. The maximum absolute atomic E-state index is 15.1. The van der Waals surface area contributed by atoms with Gasteiger partial charge in [0.2, 0.25) is 44.2 Å². The number of nitrogen functional groups attached to an aromatic ring is 1. The summed E-state index contributed by atoms with van der Waals surface area (Å²) >= 11 is 0. The molecule has 8 N–H and O–H groups in total. The number of carbonyl (C=O) groups excluding carboxylic acids is 2. The van der Waals surface area contributed by atoms with Crippen molar-refractivity contribution in [2.45, 2.75) is 53.5 Å². The van der Waals surface area contributed by atoms with Gasteiger partial charge in [0, 0.05) is 163 Å². The summed E-state index contributed by atoms with van der Waals surface area (Å²) in [5.41, 5.74) is 15.0. The zero-order chi connectivity index (χ0) is 77.7. The predicted octanol–water partition coefficient (Wildman–Crippen LogP) is 10.4. The van der Waals surface area contributed by atoms with E-state index < -0.39 is 48.1 Å². The average Bonchev–Trinajstić information content (AvgIpc) is 0.880. The van der Waals surface area contributed by atoms with E-state index in [-0.39, 0.29) is 88.2 Å². The maximum atomic E-state index is 15.1. The number of fused-ring (bicyclic) bond motifs is 5. The quantitative estimate of drug-likeness (QED) is 0.0143. The number of imidazole rings is 1. The second kappa shape index (κ2) is 30.1. The first kappa shape index (κ1) is 74.7. The van der Waals surface area contributed by atoms with Gasteiger partial charge in [0.1, 0.15) is 56.3 Å². The van der Waals surface area contributed by atoms with Gasteiger partial charge in [0.05, 0.1) is 32.4 Å². The minimum absolute atomic E-state index is 0.0331. The third-order valence-corrected chi connectivity index (χ3v) is 23.4. The Balaban J connectivity index is 0.617. The molecule has 5 heterocycles. The molecule has 3 aliphatic heterocycles. The van der Waals surface area contributed by atoms with Gasteiger partial charge in [0.15, 0.2) is 11.2 Å². The van der Waals surface area contributed by atoms with Crippen LogP contribution in [-0.2, 0) is 54.6 Å². The van der Waals surface area contributed by atoms with Crippen LogP contribution in [0.25, 0.3) is 78.0 Å². The van der Waals surface area contributed by atoms with E-state index in [1.807, 2.05) is 123 Å². The van der Waals surface area contributed by atoms with Crippen molar-refractivity contribution in [2.75, 3.05) is 77.5 Å². The highest BCUT2D eigenvalue weighted by molar-refractivity contribution is 7.89. The van der Waals surface area contributed by atoms with Gasteiger partial charge in [-0.15, -0.1) is 0 Å². The average molecular weight is 1540 g/mol. The van der Waals surface area contributed by atoms with Gasteiger partial charge in [-0.3, -0.25) is 18.7 Å². The van der Waals surface area contributed by atoms with E-state index in [2.05, 4.69) is 25.6 Å². The molecule has 30 heteroatoms. The fourth-order valence-corrected chi connectivity index (χ4v) is 16.4. The number of ether oxygens (including phenoxy) is 1. The lowest BCUT2D eigenvalue weighted by Gasteiger charge is -2.31. The number of hydrogen-bond donors (Lipinski definition) is 7. The molecule has 7 aromatic carbocycles. The normalized spacial score (nSPS) is 13.4. The van der Waals surface area contributed by atoms with Crippen LogP contribution in [0.15, 0.2) is 212 Å².